The zero-order valence-corrected chi connectivity index (χ0v) is 17.7. The van der Waals surface area contributed by atoms with Gasteiger partial charge in [-0.3, -0.25) is 4.79 Å². The van der Waals surface area contributed by atoms with Crippen molar-refractivity contribution in [2.45, 2.75) is 17.3 Å². The maximum Gasteiger partial charge on any atom is 0.230 e. The Hall–Kier alpha value is -2.91. The maximum atomic E-state index is 12.9. The molecule has 0 aliphatic heterocycles. The van der Waals surface area contributed by atoms with Gasteiger partial charge >= 0.3 is 0 Å². The van der Waals surface area contributed by atoms with Gasteiger partial charge in [-0.15, -0.1) is 10.2 Å². The zero-order valence-electron chi connectivity index (χ0n) is 16.0. The number of carbonyl (C=O) groups excluding carboxylic acids is 1. The molecule has 0 spiro atoms. The lowest BCUT2D eigenvalue weighted by Gasteiger charge is -2.04. The van der Waals surface area contributed by atoms with Gasteiger partial charge in [0.1, 0.15) is 5.82 Å². The molecule has 3 N–H and O–H groups in total. The standard InChI is InChI=1S/C21H20FN5OS2/c22-16-7-5-14(6-8-16)11-25-20-26-27-21(30-20)29-13-19(28)23-10-9-15-12-24-18-4-2-1-3-17(15)18/h1-8,12,24H,9-11,13H2,(H,23,28)(H,25,26). The molecular weight excluding hydrogens is 421 g/mol. The Morgan fingerprint density at radius 3 is 2.83 bits per heavy atom. The first kappa shape index (κ1) is 20.4. The molecular formula is C21H20FN5OS2. The van der Waals surface area contributed by atoms with Crippen molar-refractivity contribution in [3.63, 3.8) is 0 Å². The maximum absolute atomic E-state index is 12.9. The third-order valence-electron chi connectivity index (χ3n) is 4.48. The Balaban J connectivity index is 1.18. The fourth-order valence-electron chi connectivity index (χ4n) is 2.97. The van der Waals surface area contributed by atoms with E-state index in [0.29, 0.717) is 24.0 Å². The van der Waals surface area contributed by atoms with Crippen LogP contribution in [-0.2, 0) is 17.8 Å². The molecule has 0 unspecified atom stereocenters. The number of H-pyrrole nitrogens is 1. The van der Waals surface area contributed by atoms with Gasteiger partial charge < -0.3 is 15.6 Å². The van der Waals surface area contributed by atoms with Crippen molar-refractivity contribution in [3.05, 3.63) is 71.7 Å². The van der Waals surface area contributed by atoms with Crippen LogP contribution in [-0.4, -0.2) is 33.4 Å². The van der Waals surface area contributed by atoms with Crippen molar-refractivity contribution in [3.8, 4) is 0 Å². The molecule has 0 saturated heterocycles. The highest BCUT2D eigenvalue weighted by atomic mass is 32.2. The van der Waals surface area contributed by atoms with E-state index in [1.807, 2.05) is 24.4 Å². The van der Waals surface area contributed by atoms with E-state index >= 15 is 0 Å². The average molecular weight is 442 g/mol. The van der Waals surface area contributed by atoms with Crippen molar-refractivity contribution >= 4 is 45.0 Å². The summed E-state index contributed by atoms with van der Waals surface area (Å²) in [6.45, 7) is 1.12. The number of carbonyl (C=O) groups is 1. The molecule has 4 aromatic rings. The lowest BCUT2D eigenvalue weighted by Crippen LogP contribution is -2.27. The zero-order chi connectivity index (χ0) is 20.8. The number of para-hydroxylation sites is 1. The van der Waals surface area contributed by atoms with Gasteiger partial charge in [-0.25, -0.2) is 4.39 Å². The summed E-state index contributed by atoms with van der Waals surface area (Å²) in [5.41, 5.74) is 3.25. The monoisotopic (exact) mass is 441 g/mol. The normalized spacial score (nSPS) is 11.0. The molecule has 154 valence electrons. The Bertz CT molecular complexity index is 1130. The Labute approximate surface area is 181 Å². The summed E-state index contributed by atoms with van der Waals surface area (Å²) >= 11 is 2.75. The van der Waals surface area contributed by atoms with Crippen molar-refractivity contribution in [2.24, 2.45) is 0 Å². The molecule has 0 saturated carbocycles. The molecule has 4 rings (SSSR count). The van der Waals surface area contributed by atoms with Gasteiger partial charge in [0.15, 0.2) is 4.34 Å². The SMILES string of the molecule is O=C(CSc1nnc(NCc2ccc(F)cc2)s1)NCCc1c[nH]c2ccccc12. The third-order valence-corrected chi connectivity index (χ3v) is 6.50. The number of thioether (sulfide) groups is 1. The Morgan fingerprint density at radius 2 is 1.97 bits per heavy atom. The fraction of sp³-hybridized carbons (Fsp3) is 0.190. The molecule has 2 heterocycles. The number of nitrogens with one attached hydrogen (secondary N) is 3. The number of hydrogen-bond donors (Lipinski definition) is 3. The van der Waals surface area contributed by atoms with Crippen LogP contribution in [0.4, 0.5) is 9.52 Å². The van der Waals surface area contributed by atoms with Gasteiger partial charge in [0.05, 0.1) is 5.75 Å². The minimum absolute atomic E-state index is 0.0316. The van der Waals surface area contributed by atoms with Crippen molar-refractivity contribution in [1.29, 1.82) is 0 Å². The van der Waals surface area contributed by atoms with Crippen LogP contribution in [0.5, 0.6) is 0 Å². The summed E-state index contributed by atoms with van der Waals surface area (Å²) in [4.78, 5) is 15.4. The van der Waals surface area contributed by atoms with Crippen LogP contribution in [0.15, 0.2) is 59.1 Å². The van der Waals surface area contributed by atoms with Gasteiger partial charge in [-0.2, -0.15) is 0 Å². The van der Waals surface area contributed by atoms with Crippen LogP contribution in [0.3, 0.4) is 0 Å². The lowest BCUT2D eigenvalue weighted by molar-refractivity contribution is -0.118. The van der Waals surface area contributed by atoms with Gasteiger partial charge in [0, 0.05) is 30.2 Å². The number of fused-ring (bicyclic) bond motifs is 1. The first-order valence-electron chi connectivity index (χ1n) is 9.44. The lowest BCUT2D eigenvalue weighted by atomic mass is 10.1. The van der Waals surface area contributed by atoms with Gasteiger partial charge in [0.25, 0.3) is 0 Å². The summed E-state index contributed by atoms with van der Waals surface area (Å²) < 4.78 is 13.7. The molecule has 6 nitrogen and oxygen atoms in total. The number of halogens is 1. The van der Waals surface area contributed by atoms with Crippen molar-refractivity contribution < 1.29 is 9.18 Å². The van der Waals surface area contributed by atoms with E-state index in [1.54, 1.807) is 12.1 Å². The number of nitrogens with zero attached hydrogens (tertiary/aromatic N) is 2. The van der Waals surface area contributed by atoms with Gasteiger partial charge in [-0.1, -0.05) is 53.4 Å². The van der Waals surface area contributed by atoms with Crippen LogP contribution in [0, 0.1) is 5.82 Å². The number of aromatic amines is 1. The molecule has 2 aromatic heterocycles. The second-order valence-corrected chi connectivity index (χ2v) is 8.80. The van der Waals surface area contributed by atoms with E-state index in [-0.39, 0.29) is 11.7 Å². The predicted octanol–water partition coefficient (Wildman–Crippen LogP) is 4.22. The molecule has 0 aliphatic rings. The van der Waals surface area contributed by atoms with Crippen molar-refractivity contribution in [2.75, 3.05) is 17.6 Å². The summed E-state index contributed by atoms with van der Waals surface area (Å²) in [7, 11) is 0. The minimum Gasteiger partial charge on any atom is -0.361 e. The topological polar surface area (TPSA) is 82.7 Å². The highest BCUT2D eigenvalue weighted by molar-refractivity contribution is 8.01. The third kappa shape index (κ3) is 5.37. The molecule has 30 heavy (non-hydrogen) atoms. The van der Waals surface area contributed by atoms with E-state index in [4.69, 9.17) is 0 Å². The smallest absolute Gasteiger partial charge is 0.230 e. The minimum atomic E-state index is -0.256. The predicted molar refractivity (Wildman–Crippen MR) is 119 cm³/mol. The number of aromatic nitrogens is 3. The van der Waals surface area contributed by atoms with Crippen LogP contribution in [0.2, 0.25) is 0 Å². The van der Waals surface area contributed by atoms with Crippen molar-refractivity contribution in [1.82, 2.24) is 20.5 Å². The largest absolute Gasteiger partial charge is 0.361 e. The van der Waals surface area contributed by atoms with Crippen LogP contribution in [0.1, 0.15) is 11.1 Å². The van der Waals surface area contributed by atoms with E-state index < -0.39 is 0 Å². The Morgan fingerprint density at radius 1 is 1.13 bits per heavy atom. The molecule has 0 fully saturated rings. The van der Waals surface area contributed by atoms with Crippen LogP contribution in [0.25, 0.3) is 10.9 Å². The molecule has 0 atom stereocenters. The van der Waals surface area contributed by atoms with E-state index in [2.05, 4.69) is 31.9 Å². The number of rotatable bonds is 9. The fourth-order valence-corrected chi connectivity index (χ4v) is 4.55. The summed E-state index contributed by atoms with van der Waals surface area (Å²) in [6, 6.07) is 14.4. The van der Waals surface area contributed by atoms with E-state index in [1.165, 1.54) is 46.2 Å². The Kier molecular flexibility index (Phi) is 6.60. The second kappa shape index (κ2) is 9.73. The number of anilines is 1. The first-order chi connectivity index (χ1) is 14.7. The summed E-state index contributed by atoms with van der Waals surface area (Å²) in [5.74, 6) is 0.00413. The molecule has 9 heteroatoms. The molecule has 1 amide bonds. The second-order valence-electron chi connectivity index (χ2n) is 6.60. The number of benzene rings is 2. The molecule has 2 aromatic carbocycles. The van der Waals surface area contributed by atoms with Crippen LogP contribution < -0.4 is 10.6 Å². The van der Waals surface area contributed by atoms with E-state index in [9.17, 15) is 9.18 Å². The average Bonchev–Trinajstić information content (AvgIpc) is 3.39. The summed E-state index contributed by atoms with van der Waals surface area (Å²) in [6.07, 6.45) is 2.77. The highest BCUT2D eigenvalue weighted by Crippen LogP contribution is 2.25. The highest BCUT2D eigenvalue weighted by Gasteiger charge is 2.09. The first-order valence-corrected chi connectivity index (χ1v) is 11.2. The van der Waals surface area contributed by atoms with Gasteiger partial charge in [-0.05, 0) is 35.7 Å². The molecule has 0 aliphatic carbocycles. The quantitative estimate of drug-likeness (QED) is 0.339. The number of amides is 1. The molecule has 0 radical (unpaired) electrons. The molecule has 0 bridgehead atoms. The van der Waals surface area contributed by atoms with E-state index in [0.717, 1.165) is 21.8 Å². The summed E-state index contributed by atoms with van der Waals surface area (Å²) in [5, 5.41) is 16.1. The van der Waals surface area contributed by atoms with Gasteiger partial charge in [0.2, 0.25) is 11.0 Å². The van der Waals surface area contributed by atoms with Crippen LogP contribution >= 0.6 is 23.1 Å². The number of hydrogen-bond acceptors (Lipinski definition) is 6.